The molecule has 0 heterocycles. The van der Waals surface area contributed by atoms with Crippen molar-refractivity contribution < 1.29 is 9.53 Å². The highest BCUT2D eigenvalue weighted by Crippen LogP contribution is 2.29. The summed E-state index contributed by atoms with van der Waals surface area (Å²) in [6.07, 6.45) is 0.437. The van der Waals surface area contributed by atoms with Crippen molar-refractivity contribution in [2.24, 2.45) is 5.92 Å². The predicted octanol–water partition coefficient (Wildman–Crippen LogP) is 4.05. The SMILES string of the molecule is CC(C)CNCCC(=O)Nc1ccccc1Oc1ccccc1. The predicted molar refractivity (Wildman–Crippen MR) is 93.9 cm³/mol. The van der Waals surface area contributed by atoms with Crippen molar-refractivity contribution in [3.8, 4) is 11.5 Å². The molecule has 0 fully saturated rings. The molecule has 0 saturated heterocycles. The molecule has 0 aromatic heterocycles. The number of carbonyl (C=O) groups excluding carboxylic acids is 1. The second-order valence-corrected chi connectivity index (χ2v) is 5.81. The summed E-state index contributed by atoms with van der Waals surface area (Å²) < 4.78 is 5.84. The van der Waals surface area contributed by atoms with Crippen LogP contribution in [0.5, 0.6) is 11.5 Å². The molecule has 23 heavy (non-hydrogen) atoms. The maximum absolute atomic E-state index is 12.1. The van der Waals surface area contributed by atoms with Crippen LogP contribution in [0.15, 0.2) is 54.6 Å². The summed E-state index contributed by atoms with van der Waals surface area (Å²) in [5.41, 5.74) is 0.685. The maximum Gasteiger partial charge on any atom is 0.225 e. The highest BCUT2D eigenvalue weighted by Gasteiger charge is 2.08. The zero-order chi connectivity index (χ0) is 16.5. The molecule has 0 aliphatic heterocycles. The van der Waals surface area contributed by atoms with E-state index in [1.54, 1.807) is 0 Å². The molecule has 1 amide bonds. The minimum absolute atomic E-state index is 0.0228. The molecule has 0 saturated carbocycles. The van der Waals surface area contributed by atoms with Gasteiger partial charge < -0.3 is 15.4 Å². The zero-order valence-electron chi connectivity index (χ0n) is 13.7. The highest BCUT2D eigenvalue weighted by molar-refractivity contribution is 5.92. The molecular formula is C19H24N2O2. The summed E-state index contributed by atoms with van der Waals surface area (Å²) in [6, 6.07) is 17.0. The molecule has 0 unspecified atom stereocenters. The first-order valence-electron chi connectivity index (χ1n) is 7.97. The summed E-state index contributed by atoms with van der Waals surface area (Å²) in [4.78, 5) is 12.1. The number of para-hydroxylation sites is 3. The summed E-state index contributed by atoms with van der Waals surface area (Å²) in [7, 11) is 0. The van der Waals surface area contributed by atoms with Gasteiger partial charge in [-0.05, 0) is 36.7 Å². The number of hydrogen-bond acceptors (Lipinski definition) is 3. The van der Waals surface area contributed by atoms with Crippen LogP contribution in [0.1, 0.15) is 20.3 Å². The zero-order valence-corrected chi connectivity index (χ0v) is 13.7. The first-order chi connectivity index (χ1) is 11.1. The molecule has 4 heteroatoms. The number of ether oxygens (including phenoxy) is 1. The lowest BCUT2D eigenvalue weighted by atomic mass is 10.2. The Hall–Kier alpha value is -2.33. The van der Waals surface area contributed by atoms with Crippen molar-refractivity contribution in [3.63, 3.8) is 0 Å². The Morgan fingerprint density at radius 2 is 1.74 bits per heavy atom. The maximum atomic E-state index is 12.1. The lowest BCUT2D eigenvalue weighted by molar-refractivity contribution is -0.116. The standard InChI is InChI=1S/C19H24N2O2/c1-15(2)14-20-13-12-19(22)21-17-10-6-7-11-18(17)23-16-8-4-3-5-9-16/h3-11,15,20H,12-14H2,1-2H3,(H,21,22). The van der Waals surface area contributed by atoms with Crippen molar-refractivity contribution in [1.29, 1.82) is 0 Å². The molecule has 0 aliphatic carbocycles. The van der Waals surface area contributed by atoms with Gasteiger partial charge in [0.05, 0.1) is 5.69 Å². The van der Waals surface area contributed by atoms with Gasteiger partial charge in [0.15, 0.2) is 5.75 Å². The molecule has 0 radical (unpaired) electrons. The fraction of sp³-hybridized carbons (Fsp3) is 0.316. The van der Waals surface area contributed by atoms with E-state index in [2.05, 4.69) is 24.5 Å². The average molecular weight is 312 g/mol. The molecule has 2 aromatic rings. The van der Waals surface area contributed by atoms with E-state index in [-0.39, 0.29) is 5.91 Å². The van der Waals surface area contributed by atoms with E-state index in [0.717, 1.165) is 12.3 Å². The topological polar surface area (TPSA) is 50.4 Å². The Morgan fingerprint density at radius 1 is 1.04 bits per heavy atom. The molecule has 0 aliphatic rings. The number of amides is 1. The molecule has 0 atom stereocenters. The van der Waals surface area contributed by atoms with Crippen molar-refractivity contribution in [2.45, 2.75) is 20.3 Å². The van der Waals surface area contributed by atoms with Gasteiger partial charge in [-0.3, -0.25) is 4.79 Å². The summed E-state index contributed by atoms with van der Waals surface area (Å²) in [5, 5.41) is 6.18. The largest absolute Gasteiger partial charge is 0.455 e. The van der Waals surface area contributed by atoms with Gasteiger partial charge >= 0.3 is 0 Å². The third-order valence-electron chi connectivity index (χ3n) is 3.21. The molecule has 2 rings (SSSR count). The van der Waals surface area contributed by atoms with Crippen molar-refractivity contribution in [2.75, 3.05) is 18.4 Å². The van der Waals surface area contributed by atoms with E-state index in [9.17, 15) is 4.79 Å². The van der Waals surface area contributed by atoms with Gasteiger partial charge in [0.2, 0.25) is 5.91 Å². The van der Waals surface area contributed by atoms with Gasteiger partial charge in [0, 0.05) is 13.0 Å². The number of benzene rings is 2. The third kappa shape index (κ3) is 6.12. The van der Waals surface area contributed by atoms with Crippen LogP contribution in [-0.2, 0) is 4.79 Å². The van der Waals surface area contributed by atoms with Crippen LogP contribution >= 0.6 is 0 Å². The van der Waals surface area contributed by atoms with E-state index in [1.165, 1.54) is 0 Å². The monoisotopic (exact) mass is 312 g/mol. The Morgan fingerprint density at radius 3 is 2.48 bits per heavy atom. The fourth-order valence-corrected chi connectivity index (χ4v) is 2.08. The van der Waals surface area contributed by atoms with E-state index >= 15 is 0 Å². The van der Waals surface area contributed by atoms with Gasteiger partial charge in [0.1, 0.15) is 5.75 Å². The van der Waals surface area contributed by atoms with Crippen LogP contribution < -0.4 is 15.4 Å². The molecule has 122 valence electrons. The second kappa shape index (κ2) is 8.96. The second-order valence-electron chi connectivity index (χ2n) is 5.81. The van der Waals surface area contributed by atoms with E-state index in [4.69, 9.17) is 4.74 Å². The van der Waals surface area contributed by atoms with Crippen molar-refractivity contribution >= 4 is 11.6 Å². The molecular weight excluding hydrogens is 288 g/mol. The minimum atomic E-state index is -0.0228. The van der Waals surface area contributed by atoms with Crippen LogP contribution in [0.2, 0.25) is 0 Å². The third-order valence-corrected chi connectivity index (χ3v) is 3.21. The van der Waals surface area contributed by atoms with Gasteiger partial charge in [-0.15, -0.1) is 0 Å². The summed E-state index contributed by atoms with van der Waals surface area (Å²) in [5.74, 6) is 1.94. The van der Waals surface area contributed by atoms with E-state index in [0.29, 0.717) is 30.3 Å². The van der Waals surface area contributed by atoms with Gasteiger partial charge in [-0.2, -0.15) is 0 Å². The number of carbonyl (C=O) groups is 1. The Kier molecular flexibility index (Phi) is 6.63. The van der Waals surface area contributed by atoms with Crippen LogP contribution in [0.25, 0.3) is 0 Å². The number of nitrogens with one attached hydrogen (secondary N) is 2. The van der Waals surface area contributed by atoms with Crippen molar-refractivity contribution in [1.82, 2.24) is 5.32 Å². The Balaban J connectivity index is 1.91. The van der Waals surface area contributed by atoms with Gasteiger partial charge in [-0.1, -0.05) is 44.2 Å². The molecule has 2 N–H and O–H groups in total. The summed E-state index contributed by atoms with van der Waals surface area (Å²) in [6.45, 7) is 5.88. The Bertz CT molecular complexity index is 612. The first kappa shape index (κ1) is 17.0. The minimum Gasteiger partial charge on any atom is -0.455 e. The van der Waals surface area contributed by atoms with E-state index < -0.39 is 0 Å². The van der Waals surface area contributed by atoms with Crippen molar-refractivity contribution in [3.05, 3.63) is 54.6 Å². The molecule has 0 bridgehead atoms. The van der Waals surface area contributed by atoms with Crippen LogP contribution in [-0.4, -0.2) is 19.0 Å². The first-order valence-corrected chi connectivity index (χ1v) is 7.97. The molecule has 0 spiro atoms. The number of rotatable bonds is 8. The normalized spacial score (nSPS) is 10.6. The quantitative estimate of drug-likeness (QED) is 0.723. The average Bonchev–Trinajstić information content (AvgIpc) is 2.54. The van der Waals surface area contributed by atoms with Crippen LogP contribution in [0.4, 0.5) is 5.69 Å². The lowest BCUT2D eigenvalue weighted by Gasteiger charge is -2.12. The van der Waals surface area contributed by atoms with Gasteiger partial charge in [-0.25, -0.2) is 0 Å². The smallest absolute Gasteiger partial charge is 0.225 e. The Labute approximate surface area is 137 Å². The molecule has 4 nitrogen and oxygen atoms in total. The highest BCUT2D eigenvalue weighted by atomic mass is 16.5. The van der Waals surface area contributed by atoms with Crippen LogP contribution in [0.3, 0.4) is 0 Å². The number of anilines is 1. The summed E-state index contributed by atoms with van der Waals surface area (Å²) >= 11 is 0. The fourth-order valence-electron chi connectivity index (χ4n) is 2.08. The molecule has 2 aromatic carbocycles. The van der Waals surface area contributed by atoms with Gasteiger partial charge in [0.25, 0.3) is 0 Å². The number of hydrogen-bond donors (Lipinski definition) is 2. The van der Waals surface area contributed by atoms with Crippen LogP contribution in [0, 0.1) is 5.92 Å². The lowest BCUT2D eigenvalue weighted by Crippen LogP contribution is -2.25. The van der Waals surface area contributed by atoms with E-state index in [1.807, 2.05) is 54.6 Å².